The van der Waals surface area contributed by atoms with Crippen molar-refractivity contribution >= 4 is 39.7 Å². The normalized spacial score (nSPS) is 11.1. The van der Waals surface area contributed by atoms with Crippen LogP contribution in [0.3, 0.4) is 0 Å². The maximum atomic E-state index is 5.99. The van der Waals surface area contributed by atoms with E-state index in [2.05, 4.69) is 9.38 Å². The van der Waals surface area contributed by atoms with Crippen LogP contribution in [0.4, 0.5) is 0 Å². The van der Waals surface area contributed by atoms with E-state index in [4.69, 9.17) is 16.6 Å². The molecule has 108 valence electrons. The van der Waals surface area contributed by atoms with Gasteiger partial charge in [-0.15, -0.1) is 11.3 Å². The van der Waals surface area contributed by atoms with E-state index in [1.54, 1.807) is 29.3 Å². The molecule has 4 rings (SSSR count). The average Bonchev–Trinajstić information content (AvgIpc) is 3.12. The zero-order valence-corrected chi connectivity index (χ0v) is 13.7. The number of rotatable bonds is 3. The Kier molecular flexibility index (Phi) is 3.62. The summed E-state index contributed by atoms with van der Waals surface area (Å²) < 4.78 is 2.11. The second-order valence-electron chi connectivity index (χ2n) is 4.60. The molecule has 0 saturated carbocycles. The summed E-state index contributed by atoms with van der Waals surface area (Å²) in [5, 5.41) is 4.78. The van der Waals surface area contributed by atoms with Crippen molar-refractivity contribution in [2.24, 2.45) is 0 Å². The highest BCUT2D eigenvalue weighted by Crippen LogP contribution is 2.37. The summed E-state index contributed by atoms with van der Waals surface area (Å²) in [7, 11) is 0. The van der Waals surface area contributed by atoms with Gasteiger partial charge in [0.25, 0.3) is 0 Å². The van der Waals surface area contributed by atoms with Gasteiger partial charge >= 0.3 is 0 Å². The lowest BCUT2D eigenvalue weighted by Crippen LogP contribution is -1.86. The van der Waals surface area contributed by atoms with Gasteiger partial charge in [0.15, 0.2) is 4.96 Å². The molecule has 0 spiro atoms. The molecule has 3 nitrogen and oxygen atoms in total. The number of fused-ring (bicyclic) bond motifs is 1. The highest BCUT2D eigenvalue weighted by Gasteiger charge is 2.16. The van der Waals surface area contributed by atoms with Crippen LogP contribution in [0, 0.1) is 0 Å². The number of nitrogens with zero attached hydrogens (tertiary/aromatic N) is 3. The predicted octanol–water partition coefficient (Wildman–Crippen LogP) is 5.26. The fourth-order valence-corrected chi connectivity index (χ4v) is 4.03. The number of aromatic nitrogens is 3. The van der Waals surface area contributed by atoms with Gasteiger partial charge in [0, 0.05) is 28.4 Å². The average molecular weight is 344 g/mol. The lowest BCUT2D eigenvalue weighted by Gasteiger charge is -2.04. The van der Waals surface area contributed by atoms with Crippen LogP contribution >= 0.6 is 34.7 Å². The molecule has 0 radical (unpaired) electrons. The minimum absolute atomic E-state index is 0.726. The number of halogens is 1. The maximum absolute atomic E-state index is 5.99. The minimum atomic E-state index is 0.726. The first-order valence-electron chi connectivity index (χ1n) is 6.61. The monoisotopic (exact) mass is 343 g/mol. The van der Waals surface area contributed by atoms with Gasteiger partial charge in [-0.05, 0) is 36.0 Å². The topological polar surface area (TPSA) is 30.2 Å². The number of thiazole rings is 1. The van der Waals surface area contributed by atoms with E-state index in [-0.39, 0.29) is 0 Å². The molecule has 6 heteroatoms. The zero-order chi connectivity index (χ0) is 14.9. The molecule has 0 N–H and O–H groups in total. The minimum Gasteiger partial charge on any atom is -0.284 e. The molecule has 3 aromatic heterocycles. The van der Waals surface area contributed by atoms with Crippen molar-refractivity contribution in [3.63, 3.8) is 0 Å². The Labute approximate surface area is 140 Å². The van der Waals surface area contributed by atoms with Crippen LogP contribution in [0.2, 0.25) is 5.02 Å². The fraction of sp³-hybridized carbons (Fsp3) is 0. The molecule has 0 aliphatic heterocycles. The van der Waals surface area contributed by atoms with Crippen molar-refractivity contribution in [1.29, 1.82) is 0 Å². The molecule has 0 aliphatic rings. The first-order chi connectivity index (χ1) is 10.8. The number of benzene rings is 1. The van der Waals surface area contributed by atoms with E-state index < -0.39 is 0 Å². The number of pyridine rings is 1. The Morgan fingerprint density at radius 1 is 1.09 bits per heavy atom. The summed E-state index contributed by atoms with van der Waals surface area (Å²) >= 11 is 9.23. The summed E-state index contributed by atoms with van der Waals surface area (Å²) in [5.74, 6) is 0. The molecule has 1 aromatic carbocycles. The molecular formula is C16H10ClN3S2. The van der Waals surface area contributed by atoms with E-state index in [1.165, 1.54) is 0 Å². The third-order valence-corrected chi connectivity index (χ3v) is 5.22. The van der Waals surface area contributed by atoms with E-state index >= 15 is 0 Å². The Hall–Kier alpha value is -1.82. The Morgan fingerprint density at radius 2 is 1.95 bits per heavy atom. The summed E-state index contributed by atoms with van der Waals surface area (Å²) in [4.78, 5) is 10.1. The van der Waals surface area contributed by atoms with Gasteiger partial charge in [-0.3, -0.25) is 4.40 Å². The Bertz CT molecular complexity index is 914. The standard InChI is InChI=1S/C16H10ClN3S2/c17-12-6-4-11(5-7-12)14-15(20-9-10-21-16(20)19-14)22-13-3-1-2-8-18-13/h1-10H. The lowest BCUT2D eigenvalue weighted by molar-refractivity contribution is 1.06. The van der Waals surface area contributed by atoms with Crippen LogP contribution in [-0.2, 0) is 0 Å². The molecule has 0 unspecified atom stereocenters. The van der Waals surface area contributed by atoms with Crippen molar-refractivity contribution < 1.29 is 0 Å². The van der Waals surface area contributed by atoms with E-state index in [9.17, 15) is 0 Å². The molecule has 3 heterocycles. The largest absolute Gasteiger partial charge is 0.284 e. The first-order valence-corrected chi connectivity index (χ1v) is 8.69. The smallest absolute Gasteiger partial charge is 0.195 e. The fourth-order valence-electron chi connectivity index (χ4n) is 2.16. The van der Waals surface area contributed by atoms with Gasteiger partial charge in [-0.25, -0.2) is 9.97 Å². The molecule has 0 aliphatic carbocycles. The molecular weight excluding hydrogens is 334 g/mol. The van der Waals surface area contributed by atoms with Gasteiger partial charge in [0.1, 0.15) is 15.7 Å². The SMILES string of the molecule is Clc1ccc(-c2nc3sccn3c2Sc2ccccn2)cc1. The molecule has 22 heavy (non-hydrogen) atoms. The van der Waals surface area contributed by atoms with Gasteiger partial charge in [0.2, 0.25) is 0 Å². The van der Waals surface area contributed by atoms with Crippen molar-refractivity contribution in [1.82, 2.24) is 14.4 Å². The number of hydrogen-bond donors (Lipinski definition) is 0. The molecule has 4 aromatic rings. The van der Waals surface area contributed by atoms with Gasteiger partial charge in [-0.1, -0.05) is 29.8 Å². The van der Waals surface area contributed by atoms with Crippen LogP contribution in [0.25, 0.3) is 16.2 Å². The van der Waals surface area contributed by atoms with E-state index in [1.807, 2.05) is 54.0 Å². The van der Waals surface area contributed by atoms with Crippen LogP contribution in [0.1, 0.15) is 0 Å². The first kappa shape index (κ1) is 13.8. The third-order valence-electron chi connectivity index (χ3n) is 3.17. The van der Waals surface area contributed by atoms with Crippen LogP contribution < -0.4 is 0 Å². The van der Waals surface area contributed by atoms with Crippen molar-refractivity contribution in [2.45, 2.75) is 10.1 Å². The number of imidazole rings is 1. The van der Waals surface area contributed by atoms with Crippen LogP contribution in [0.5, 0.6) is 0 Å². The highest BCUT2D eigenvalue weighted by atomic mass is 35.5. The summed E-state index contributed by atoms with van der Waals surface area (Å²) in [6, 6.07) is 13.7. The second kappa shape index (κ2) is 5.76. The lowest BCUT2D eigenvalue weighted by atomic mass is 10.2. The van der Waals surface area contributed by atoms with Crippen LogP contribution in [-0.4, -0.2) is 14.4 Å². The highest BCUT2D eigenvalue weighted by molar-refractivity contribution is 7.99. The van der Waals surface area contributed by atoms with Gasteiger partial charge in [-0.2, -0.15) is 0 Å². The molecule has 0 amide bonds. The van der Waals surface area contributed by atoms with E-state index in [0.29, 0.717) is 0 Å². The second-order valence-corrected chi connectivity index (χ2v) is 6.92. The summed E-state index contributed by atoms with van der Waals surface area (Å²) in [6.45, 7) is 0. The summed E-state index contributed by atoms with van der Waals surface area (Å²) in [6.07, 6.45) is 3.84. The van der Waals surface area contributed by atoms with Gasteiger partial charge in [0.05, 0.1) is 0 Å². The third kappa shape index (κ3) is 2.52. The summed E-state index contributed by atoms with van der Waals surface area (Å²) in [5.41, 5.74) is 2.01. The molecule has 0 saturated heterocycles. The van der Waals surface area contributed by atoms with E-state index in [0.717, 1.165) is 31.3 Å². The quantitative estimate of drug-likeness (QED) is 0.508. The van der Waals surface area contributed by atoms with Crippen LogP contribution in [0.15, 0.2) is 70.3 Å². The van der Waals surface area contributed by atoms with Crippen molar-refractivity contribution in [2.75, 3.05) is 0 Å². The molecule has 0 fully saturated rings. The number of hydrogen-bond acceptors (Lipinski definition) is 4. The Balaban J connectivity index is 1.86. The van der Waals surface area contributed by atoms with Gasteiger partial charge < -0.3 is 0 Å². The zero-order valence-electron chi connectivity index (χ0n) is 11.3. The Morgan fingerprint density at radius 3 is 2.73 bits per heavy atom. The maximum Gasteiger partial charge on any atom is 0.195 e. The molecule has 0 atom stereocenters. The van der Waals surface area contributed by atoms with Crippen molar-refractivity contribution in [3.05, 3.63) is 65.3 Å². The van der Waals surface area contributed by atoms with Crippen molar-refractivity contribution in [3.8, 4) is 11.3 Å². The molecule has 0 bridgehead atoms. The predicted molar refractivity (Wildman–Crippen MR) is 91.9 cm³/mol.